The van der Waals surface area contributed by atoms with Gasteiger partial charge in [-0.05, 0) is 92.7 Å². The molecule has 0 bridgehead atoms. The van der Waals surface area contributed by atoms with Gasteiger partial charge in [-0.1, -0.05) is 38.1 Å². The molecular formula is C36H38O6. The fourth-order valence-corrected chi connectivity index (χ4v) is 10.2. The van der Waals surface area contributed by atoms with E-state index < -0.39 is 17.5 Å². The van der Waals surface area contributed by atoms with Crippen LogP contribution in [0.1, 0.15) is 114 Å². The van der Waals surface area contributed by atoms with E-state index in [1.54, 1.807) is 43.3 Å². The Morgan fingerprint density at radius 3 is 2.24 bits per heavy atom. The number of carbonyl (C=O) groups is 5. The Morgan fingerprint density at radius 2 is 1.52 bits per heavy atom. The Hall–Kier alpha value is -3.41. The zero-order valence-corrected chi connectivity index (χ0v) is 24.6. The Bertz CT molecular complexity index is 1550. The van der Waals surface area contributed by atoms with E-state index in [0.29, 0.717) is 59.5 Å². The van der Waals surface area contributed by atoms with Crippen molar-refractivity contribution >= 4 is 29.1 Å². The van der Waals surface area contributed by atoms with E-state index in [9.17, 15) is 24.0 Å². The molecule has 2 aromatic rings. The Morgan fingerprint density at radius 1 is 0.833 bits per heavy atom. The first kappa shape index (κ1) is 27.4. The van der Waals surface area contributed by atoms with Crippen LogP contribution in [0.15, 0.2) is 42.5 Å². The number of fused-ring (bicyclic) bond motifs is 7. The largest absolute Gasteiger partial charge is 0.458 e. The monoisotopic (exact) mass is 566 g/mol. The van der Waals surface area contributed by atoms with Crippen LogP contribution in [-0.2, 0) is 14.3 Å². The molecule has 7 rings (SSSR count). The van der Waals surface area contributed by atoms with Crippen LogP contribution in [0.3, 0.4) is 0 Å². The lowest BCUT2D eigenvalue weighted by Gasteiger charge is -2.61. The molecule has 5 aliphatic rings. The summed E-state index contributed by atoms with van der Waals surface area (Å²) in [5.74, 6) is 0.735. The van der Waals surface area contributed by atoms with Crippen LogP contribution in [0.25, 0.3) is 0 Å². The van der Waals surface area contributed by atoms with Gasteiger partial charge in [0.15, 0.2) is 11.6 Å². The van der Waals surface area contributed by atoms with Crippen LogP contribution in [0.5, 0.6) is 0 Å². The summed E-state index contributed by atoms with van der Waals surface area (Å²) in [5, 5.41) is 0. The fourth-order valence-electron chi connectivity index (χ4n) is 10.2. The highest BCUT2D eigenvalue weighted by Crippen LogP contribution is 2.67. The van der Waals surface area contributed by atoms with Crippen LogP contribution >= 0.6 is 0 Å². The molecule has 218 valence electrons. The van der Waals surface area contributed by atoms with Gasteiger partial charge in [0.1, 0.15) is 17.7 Å². The van der Waals surface area contributed by atoms with Gasteiger partial charge in [-0.15, -0.1) is 0 Å². The quantitative estimate of drug-likeness (QED) is 0.340. The summed E-state index contributed by atoms with van der Waals surface area (Å²) in [7, 11) is 0. The standard InChI is InChI=1S/C36H38O6/c1-19(37)28-12-13-29-26-11-9-21-17-22(38)14-15-35(21,2)30(26)18-31(36(28,29)3)42-34(41)20-8-10-25-27(16-20)33(40)24-7-5-4-6-23(24)32(25)39/h4-8,10,16,21,26,28-31H,9,11-15,17-18H2,1-3H3/t21-,26+,28-,29+,30+,31+,35+,36-/m1/s1. The number of carbonyl (C=O) groups excluding carboxylic acids is 5. The van der Waals surface area contributed by atoms with E-state index in [2.05, 4.69) is 13.8 Å². The maximum Gasteiger partial charge on any atom is 0.338 e. The molecule has 5 aliphatic carbocycles. The average molecular weight is 567 g/mol. The van der Waals surface area contributed by atoms with Crippen molar-refractivity contribution < 1.29 is 28.7 Å². The first-order chi connectivity index (χ1) is 20.0. The van der Waals surface area contributed by atoms with Gasteiger partial charge >= 0.3 is 5.97 Å². The van der Waals surface area contributed by atoms with Crippen LogP contribution in [0.2, 0.25) is 0 Å². The van der Waals surface area contributed by atoms with Gasteiger partial charge in [-0.2, -0.15) is 0 Å². The van der Waals surface area contributed by atoms with Crippen molar-refractivity contribution in [3.05, 3.63) is 70.3 Å². The van der Waals surface area contributed by atoms with Crippen molar-refractivity contribution in [1.82, 2.24) is 0 Å². The second kappa shape index (κ2) is 9.55. The van der Waals surface area contributed by atoms with Crippen molar-refractivity contribution in [1.29, 1.82) is 0 Å². The first-order valence-electron chi connectivity index (χ1n) is 15.6. The van der Waals surface area contributed by atoms with Gasteiger partial charge in [0.05, 0.1) is 5.56 Å². The minimum Gasteiger partial charge on any atom is -0.458 e. The lowest BCUT2D eigenvalue weighted by Crippen LogP contribution is -2.59. The van der Waals surface area contributed by atoms with Crippen molar-refractivity contribution in [3.63, 3.8) is 0 Å². The number of benzene rings is 2. The predicted molar refractivity (Wildman–Crippen MR) is 155 cm³/mol. The van der Waals surface area contributed by atoms with E-state index in [0.717, 1.165) is 32.1 Å². The van der Waals surface area contributed by atoms with E-state index >= 15 is 0 Å². The highest BCUT2D eigenvalue weighted by atomic mass is 16.5. The highest BCUT2D eigenvalue weighted by Gasteiger charge is 2.65. The van der Waals surface area contributed by atoms with Crippen molar-refractivity contribution in [2.45, 2.75) is 78.2 Å². The molecule has 4 fully saturated rings. The molecule has 0 spiro atoms. The molecule has 2 aromatic carbocycles. The molecule has 6 heteroatoms. The van der Waals surface area contributed by atoms with Gasteiger partial charge < -0.3 is 4.74 Å². The zero-order valence-electron chi connectivity index (χ0n) is 24.6. The SMILES string of the molecule is CC(=O)[C@H]1CC[C@H]2[C@@H]3CC[C@@H]4CC(=O)CC[C@]4(C)[C@H]3C[C@H](OC(=O)c3ccc4c(c3)C(=O)c3ccccc3C4=O)[C@]12C. The molecule has 0 N–H and O–H groups in total. The molecule has 0 unspecified atom stereocenters. The maximum absolute atomic E-state index is 13.9. The van der Waals surface area contributed by atoms with E-state index in [1.807, 2.05) is 0 Å². The number of ether oxygens (including phenoxy) is 1. The summed E-state index contributed by atoms with van der Waals surface area (Å²) in [5.41, 5.74) is 1.03. The summed E-state index contributed by atoms with van der Waals surface area (Å²) >= 11 is 0. The second-order valence-electron chi connectivity index (χ2n) is 14.1. The maximum atomic E-state index is 13.9. The third kappa shape index (κ3) is 3.79. The van der Waals surface area contributed by atoms with Gasteiger partial charge in [-0.3, -0.25) is 19.2 Å². The summed E-state index contributed by atoms with van der Waals surface area (Å²) in [6, 6.07) is 11.4. The fraction of sp³-hybridized carbons (Fsp3) is 0.528. The number of rotatable bonds is 3. The molecular weight excluding hydrogens is 528 g/mol. The van der Waals surface area contributed by atoms with Crippen molar-refractivity contribution in [3.8, 4) is 0 Å². The Balaban J connectivity index is 1.23. The number of hydrogen-bond acceptors (Lipinski definition) is 6. The summed E-state index contributed by atoms with van der Waals surface area (Å²) in [4.78, 5) is 65.7. The molecule has 6 nitrogen and oxygen atoms in total. The lowest BCUT2D eigenvalue weighted by molar-refractivity contribution is -0.171. The smallest absolute Gasteiger partial charge is 0.338 e. The summed E-state index contributed by atoms with van der Waals surface area (Å²) in [6.07, 6.45) is 6.24. The van der Waals surface area contributed by atoms with E-state index in [-0.39, 0.29) is 45.7 Å². The van der Waals surface area contributed by atoms with Crippen molar-refractivity contribution in [2.75, 3.05) is 0 Å². The number of esters is 1. The lowest BCUT2D eigenvalue weighted by atomic mass is 9.44. The number of ketones is 4. The summed E-state index contributed by atoms with van der Waals surface area (Å²) in [6.45, 7) is 6.18. The second-order valence-corrected chi connectivity index (χ2v) is 14.1. The highest BCUT2D eigenvalue weighted by molar-refractivity contribution is 6.28. The molecule has 0 aromatic heterocycles. The molecule has 0 amide bonds. The zero-order chi connectivity index (χ0) is 29.6. The van der Waals surface area contributed by atoms with Gasteiger partial charge in [0.2, 0.25) is 0 Å². The molecule has 0 aliphatic heterocycles. The van der Waals surface area contributed by atoms with Crippen LogP contribution in [-0.4, -0.2) is 35.2 Å². The van der Waals surface area contributed by atoms with E-state index in [1.165, 1.54) is 6.07 Å². The molecule has 4 saturated carbocycles. The molecule has 8 atom stereocenters. The van der Waals surface area contributed by atoms with Crippen molar-refractivity contribution in [2.24, 2.45) is 40.4 Å². The Labute approximate surface area is 246 Å². The minimum atomic E-state index is -0.522. The van der Waals surface area contributed by atoms with Crippen LogP contribution < -0.4 is 0 Å². The minimum absolute atomic E-state index is 0.0170. The van der Waals surface area contributed by atoms with Gasteiger partial charge in [-0.25, -0.2) is 4.79 Å². The Kier molecular flexibility index (Phi) is 6.24. The topological polar surface area (TPSA) is 94.6 Å². The third-order valence-electron chi connectivity index (χ3n) is 12.5. The molecule has 42 heavy (non-hydrogen) atoms. The molecule has 0 radical (unpaired) electrons. The van der Waals surface area contributed by atoms with Gasteiger partial charge in [0, 0.05) is 46.4 Å². The van der Waals surface area contributed by atoms with Gasteiger partial charge in [0.25, 0.3) is 0 Å². The normalized spacial score (nSPS) is 36.7. The van der Waals surface area contributed by atoms with Crippen LogP contribution in [0, 0.1) is 40.4 Å². The molecule has 0 saturated heterocycles. The number of hydrogen-bond donors (Lipinski definition) is 0. The summed E-state index contributed by atoms with van der Waals surface area (Å²) < 4.78 is 6.44. The number of Topliss-reactive ketones (excluding diaryl/α,β-unsaturated/α-hetero) is 2. The van der Waals surface area contributed by atoms with E-state index in [4.69, 9.17) is 4.74 Å². The third-order valence-corrected chi connectivity index (χ3v) is 12.5. The van der Waals surface area contributed by atoms with Crippen LogP contribution in [0.4, 0.5) is 0 Å². The average Bonchev–Trinajstić information content (AvgIpc) is 3.35. The predicted octanol–water partition coefficient (Wildman–Crippen LogP) is 6.41. The first-order valence-corrected chi connectivity index (χ1v) is 15.6. The molecule has 0 heterocycles.